The molecule has 0 saturated carbocycles. The van der Waals surface area contributed by atoms with E-state index in [4.69, 9.17) is 4.74 Å². The lowest BCUT2D eigenvalue weighted by Gasteiger charge is -2.31. The van der Waals surface area contributed by atoms with Crippen LogP contribution in [-0.4, -0.2) is 35.2 Å². The van der Waals surface area contributed by atoms with Gasteiger partial charge in [-0.25, -0.2) is 4.68 Å². The molecule has 1 unspecified atom stereocenters. The van der Waals surface area contributed by atoms with Crippen LogP contribution in [0.15, 0.2) is 54.7 Å². The summed E-state index contributed by atoms with van der Waals surface area (Å²) in [5, 5.41) is 7.40. The summed E-state index contributed by atoms with van der Waals surface area (Å²) in [6.07, 6.45) is 2.06. The van der Waals surface area contributed by atoms with Crippen LogP contribution >= 0.6 is 0 Å². The SMILES string of the molecule is CN1C(=O)COc2cc3c(cc21)NC(=O)CC3c1ccnn1-c1ccccc1. The van der Waals surface area contributed by atoms with Crippen molar-refractivity contribution in [2.24, 2.45) is 0 Å². The predicted octanol–water partition coefficient (Wildman–Crippen LogP) is 2.70. The smallest absolute Gasteiger partial charge is 0.264 e. The number of aromatic nitrogens is 2. The Morgan fingerprint density at radius 3 is 2.79 bits per heavy atom. The molecule has 0 saturated heterocycles. The van der Waals surface area contributed by atoms with Crippen molar-refractivity contribution in [1.82, 2.24) is 9.78 Å². The number of para-hydroxylation sites is 1. The number of hydrogen-bond acceptors (Lipinski definition) is 4. The van der Waals surface area contributed by atoms with Crippen LogP contribution in [0.4, 0.5) is 11.4 Å². The minimum Gasteiger partial charge on any atom is -0.482 e. The van der Waals surface area contributed by atoms with Gasteiger partial charge in [-0.2, -0.15) is 5.10 Å². The maximum atomic E-state index is 12.4. The van der Waals surface area contributed by atoms with Gasteiger partial charge in [-0.1, -0.05) is 18.2 Å². The Morgan fingerprint density at radius 2 is 1.96 bits per heavy atom. The molecule has 1 atom stereocenters. The summed E-state index contributed by atoms with van der Waals surface area (Å²) in [5.41, 5.74) is 4.19. The standard InChI is InChI=1S/C21H18N4O3/c1-24-18-11-16-14(9-19(18)28-12-21(24)27)15(10-20(26)23-16)17-7-8-22-25(17)13-5-3-2-4-6-13/h2-9,11,15H,10,12H2,1H3,(H,23,26). The number of amides is 2. The van der Waals surface area contributed by atoms with Crippen molar-refractivity contribution in [3.63, 3.8) is 0 Å². The first-order valence-electron chi connectivity index (χ1n) is 9.08. The van der Waals surface area contributed by atoms with Gasteiger partial charge >= 0.3 is 0 Å². The predicted molar refractivity (Wildman–Crippen MR) is 104 cm³/mol. The van der Waals surface area contributed by atoms with Crippen molar-refractivity contribution in [3.05, 3.63) is 66.0 Å². The highest BCUT2D eigenvalue weighted by molar-refractivity contribution is 6.01. The number of anilines is 2. The maximum absolute atomic E-state index is 12.4. The lowest BCUT2D eigenvalue weighted by Crippen LogP contribution is -2.36. The Hall–Kier alpha value is -3.61. The highest BCUT2D eigenvalue weighted by atomic mass is 16.5. The van der Waals surface area contributed by atoms with Crippen LogP contribution in [0.2, 0.25) is 0 Å². The number of benzene rings is 2. The second-order valence-corrected chi connectivity index (χ2v) is 6.96. The molecule has 5 rings (SSSR count). The molecule has 3 heterocycles. The fourth-order valence-electron chi connectivity index (χ4n) is 3.85. The van der Waals surface area contributed by atoms with Crippen molar-refractivity contribution in [3.8, 4) is 11.4 Å². The van der Waals surface area contributed by atoms with Gasteiger partial charge in [0.05, 0.1) is 17.1 Å². The van der Waals surface area contributed by atoms with Gasteiger partial charge in [0, 0.05) is 31.3 Å². The Bertz CT molecular complexity index is 1090. The Labute approximate surface area is 161 Å². The van der Waals surface area contributed by atoms with Crippen LogP contribution in [0.1, 0.15) is 23.6 Å². The van der Waals surface area contributed by atoms with E-state index in [2.05, 4.69) is 10.4 Å². The highest BCUT2D eigenvalue weighted by Crippen LogP contribution is 2.44. The first kappa shape index (κ1) is 16.6. The van der Waals surface area contributed by atoms with Crippen LogP contribution in [0.3, 0.4) is 0 Å². The highest BCUT2D eigenvalue weighted by Gasteiger charge is 2.33. The summed E-state index contributed by atoms with van der Waals surface area (Å²) in [5.74, 6) is 0.299. The van der Waals surface area contributed by atoms with Crippen LogP contribution in [-0.2, 0) is 9.59 Å². The van der Waals surface area contributed by atoms with Crippen molar-refractivity contribution in [2.75, 3.05) is 23.9 Å². The molecule has 140 valence electrons. The molecule has 2 amide bonds. The summed E-state index contributed by atoms with van der Waals surface area (Å²) >= 11 is 0. The Morgan fingerprint density at radius 1 is 1.14 bits per heavy atom. The van der Waals surface area contributed by atoms with E-state index in [1.54, 1.807) is 18.1 Å². The van der Waals surface area contributed by atoms with Gasteiger partial charge in [0.15, 0.2) is 6.61 Å². The summed E-state index contributed by atoms with van der Waals surface area (Å²) in [4.78, 5) is 25.9. The third-order valence-electron chi connectivity index (χ3n) is 5.29. The van der Waals surface area contributed by atoms with Gasteiger partial charge in [0.25, 0.3) is 5.91 Å². The van der Waals surface area contributed by atoms with Crippen molar-refractivity contribution < 1.29 is 14.3 Å². The number of rotatable bonds is 2. The summed E-state index contributed by atoms with van der Waals surface area (Å²) in [6.45, 7) is 0.0151. The van der Waals surface area contributed by atoms with Gasteiger partial charge in [-0.05, 0) is 35.9 Å². The molecule has 0 spiro atoms. The van der Waals surface area contributed by atoms with Gasteiger partial charge in [0.2, 0.25) is 5.91 Å². The van der Waals surface area contributed by atoms with Crippen LogP contribution in [0.5, 0.6) is 5.75 Å². The Kier molecular flexibility index (Phi) is 3.68. The van der Waals surface area contributed by atoms with E-state index in [1.165, 1.54) is 0 Å². The van der Waals surface area contributed by atoms with E-state index in [0.717, 1.165) is 16.9 Å². The zero-order valence-electron chi connectivity index (χ0n) is 15.3. The van der Waals surface area contributed by atoms with Gasteiger partial charge < -0.3 is 15.0 Å². The average Bonchev–Trinajstić information content (AvgIpc) is 3.20. The van der Waals surface area contributed by atoms with Gasteiger partial charge in [0.1, 0.15) is 5.75 Å². The third kappa shape index (κ3) is 2.55. The molecule has 3 aromatic rings. The maximum Gasteiger partial charge on any atom is 0.264 e. The van der Waals surface area contributed by atoms with E-state index in [9.17, 15) is 9.59 Å². The molecule has 1 N–H and O–H groups in total. The van der Waals surface area contributed by atoms with Crippen molar-refractivity contribution >= 4 is 23.2 Å². The van der Waals surface area contributed by atoms with Gasteiger partial charge in [-0.15, -0.1) is 0 Å². The molecule has 2 aliphatic rings. The molecule has 0 aliphatic carbocycles. The molecule has 0 fully saturated rings. The fourth-order valence-corrected chi connectivity index (χ4v) is 3.85. The van der Waals surface area contributed by atoms with E-state index < -0.39 is 0 Å². The molecule has 2 aromatic carbocycles. The lowest BCUT2D eigenvalue weighted by atomic mass is 9.87. The number of likely N-dealkylation sites (N-methyl/N-ethyl adjacent to an activating group) is 1. The van der Waals surface area contributed by atoms with E-state index in [1.807, 2.05) is 53.2 Å². The fraction of sp³-hybridized carbons (Fsp3) is 0.190. The monoisotopic (exact) mass is 374 g/mol. The second-order valence-electron chi connectivity index (χ2n) is 6.96. The normalized spacial score (nSPS) is 18.2. The minimum absolute atomic E-state index is 0.0151. The molecule has 1 aromatic heterocycles. The topological polar surface area (TPSA) is 76.5 Å². The number of hydrogen-bond donors (Lipinski definition) is 1. The number of carbonyl (C=O) groups is 2. The first-order chi connectivity index (χ1) is 13.6. The summed E-state index contributed by atoms with van der Waals surface area (Å²) < 4.78 is 7.52. The van der Waals surface area contributed by atoms with E-state index >= 15 is 0 Å². The summed E-state index contributed by atoms with van der Waals surface area (Å²) in [7, 11) is 1.71. The zero-order chi connectivity index (χ0) is 19.3. The third-order valence-corrected chi connectivity index (χ3v) is 5.29. The zero-order valence-corrected chi connectivity index (χ0v) is 15.3. The van der Waals surface area contributed by atoms with Crippen LogP contribution in [0, 0.1) is 0 Å². The average molecular weight is 374 g/mol. The molecular weight excluding hydrogens is 356 g/mol. The summed E-state index contributed by atoms with van der Waals surface area (Å²) in [6, 6.07) is 15.5. The number of nitrogens with one attached hydrogen (secondary N) is 1. The van der Waals surface area contributed by atoms with Crippen molar-refractivity contribution in [2.45, 2.75) is 12.3 Å². The molecule has 0 radical (unpaired) electrons. The molecular formula is C21H18N4O3. The first-order valence-corrected chi connectivity index (χ1v) is 9.08. The van der Waals surface area contributed by atoms with E-state index in [-0.39, 0.29) is 24.3 Å². The number of nitrogens with zero attached hydrogens (tertiary/aromatic N) is 3. The number of carbonyl (C=O) groups excluding carboxylic acids is 2. The van der Waals surface area contributed by atoms with Gasteiger partial charge in [-0.3, -0.25) is 9.59 Å². The van der Waals surface area contributed by atoms with E-state index in [0.29, 0.717) is 23.5 Å². The molecule has 0 bridgehead atoms. The largest absolute Gasteiger partial charge is 0.482 e. The molecule has 7 heteroatoms. The Balaban J connectivity index is 1.64. The number of ether oxygens (including phenoxy) is 1. The molecule has 28 heavy (non-hydrogen) atoms. The van der Waals surface area contributed by atoms with Crippen LogP contribution in [0.25, 0.3) is 5.69 Å². The van der Waals surface area contributed by atoms with Crippen molar-refractivity contribution in [1.29, 1.82) is 0 Å². The molecule has 2 aliphatic heterocycles. The quantitative estimate of drug-likeness (QED) is 0.748. The minimum atomic E-state index is -0.164. The number of fused-ring (bicyclic) bond motifs is 2. The molecule has 7 nitrogen and oxygen atoms in total. The lowest BCUT2D eigenvalue weighted by molar-refractivity contribution is -0.121. The second kappa shape index (κ2) is 6.23. The van der Waals surface area contributed by atoms with Crippen LogP contribution < -0.4 is 15.0 Å².